The van der Waals surface area contributed by atoms with Crippen molar-refractivity contribution in [3.05, 3.63) is 60.0 Å². The van der Waals surface area contributed by atoms with Crippen LogP contribution >= 0.6 is 11.6 Å². The highest BCUT2D eigenvalue weighted by atomic mass is 35.5. The number of fused-ring (bicyclic) bond motifs is 1. The molecule has 0 radical (unpaired) electrons. The average Bonchev–Trinajstić information content (AvgIpc) is 3.22. The Bertz CT molecular complexity index is 944. The molecule has 0 aliphatic carbocycles. The second-order valence-corrected chi connectivity index (χ2v) is 5.53. The van der Waals surface area contributed by atoms with Gasteiger partial charge in [-0.15, -0.1) is 0 Å². The summed E-state index contributed by atoms with van der Waals surface area (Å²) < 4.78 is 0. The number of benzene rings is 1. The fourth-order valence-electron chi connectivity index (χ4n) is 2.54. The molecular weight excluding hydrogens is 312 g/mol. The Labute approximate surface area is 137 Å². The maximum absolute atomic E-state index is 6.11. The predicted octanol–water partition coefficient (Wildman–Crippen LogP) is 3.61. The summed E-state index contributed by atoms with van der Waals surface area (Å²) in [6.07, 6.45) is 6.89. The van der Waals surface area contributed by atoms with Crippen LogP contribution in [0.1, 0.15) is 5.69 Å². The molecule has 0 saturated carbocycles. The molecule has 114 valence electrons. The lowest BCUT2D eigenvalue weighted by atomic mass is 10.1. The maximum atomic E-state index is 6.11. The van der Waals surface area contributed by atoms with Gasteiger partial charge in [-0.2, -0.15) is 0 Å². The summed E-state index contributed by atoms with van der Waals surface area (Å²) in [6.45, 7) is 0.603. The molecule has 3 N–H and O–H groups in total. The van der Waals surface area contributed by atoms with Gasteiger partial charge in [-0.05, 0) is 17.7 Å². The van der Waals surface area contributed by atoms with E-state index in [2.05, 4.69) is 30.2 Å². The second-order valence-electron chi connectivity index (χ2n) is 5.09. The number of aromatic amines is 2. The molecule has 0 bridgehead atoms. The number of nitrogens with one attached hydrogen (secondary N) is 3. The van der Waals surface area contributed by atoms with Crippen LogP contribution in [-0.4, -0.2) is 24.9 Å². The lowest BCUT2D eigenvalue weighted by molar-refractivity contribution is 1.05. The molecule has 4 rings (SSSR count). The number of imidazole rings is 1. The van der Waals surface area contributed by atoms with Crippen molar-refractivity contribution in [3.8, 4) is 11.1 Å². The number of H-pyrrole nitrogens is 2. The van der Waals surface area contributed by atoms with E-state index in [0.717, 1.165) is 33.7 Å². The third-order valence-electron chi connectivity index (χ3n) is 3.61. The minimum absolute atomic E-state index is 0.603. The average molecular weight is 325 g/mol. The van der Waals surface area contributed by atoms with Crippen LogP contribution in [0.3, 0.4) is 0 Å². The van der Waals surface area contributed by atoms with E-state index < -0.39 is 0 Å². The third-order valence-corrected chi connectivity index (χ3v) is 3.84. The standard InChI is InChI=1S/C16H13ClN6/c17-11-3-1-2-10(4-11)13-7-20-16-14(13)15(22-9-23-16)19-6-12-5-18-8-21-12/h1-5,7-9H,6H2,(H,18,21)(H2,19,20,22,23). The molecule has 0 fully saturated rings. The van der Waals surface area contributed by atoms with E-state index in [1.807, 2.05) is 30.5 Å². The Morgan fingerprint density at radius 1 is 1.17 bits per heavy atom. The highest BCUT2D eigenvalue weighted by molar-refractivity contribution is 6.31. The SMILES string of the molecule is Clc1cccc(-c2c[nH]c3ncnc(NCc4cnc[nH]4)c23)c1. The summed E-state index contributed by atoms with van der Waals surface area (Å²) in [4.78, 5) is 18.9. The van der Waals surface area contributed by atoms with Crippen LogP contribution in [0.2, 0.25) is 5.02 Å². The number of hydrogen-bond donors (Lipinski definition) is 3. The summed E-state index contributed by atoms with van der Waals surface area (Å²) in [5.74, 6) is 0.765. The molecule has 7 heteroatoms. The second kappa shape index (κ2) is 5.73. The monoisotopic (exact) mass is 324 g/mol. The zero-order valence-electron chi connectivity index (χ0n) is 12.0. The first-order valence-corrected chi connectivity index (χ1v) is 7.48. The van der Waals surface area contributed by atoms with E-state index in [0.29, 0.717) is 11.6 Å². The molecule has 23 heavy (non-hydrogen) atoms. The Kier molecular flexibility index (Phi) is 3.44. The Morgan fingerprint density at radius 2 is 2.13 bits per heavy atom. The van der Waals surface area contributed by atoms with Crippen LogP contribution in [0.4, 0.5) is 5.82 Å². The Hall–Kier alpha value is -2.86. The van der Waals surface area contributed by atoms with E-state index in [-0.39, 0.29) is 0 Å². The summed E-state index contributed by atoms with van der Waals surface area (Å²) in [5, 5.41) is 4.96. The Morgan fingerprint density at radius 3 is 2.96 bits per heavy atom. The molecule has 4 aromatic rings. The molecule has 1 aromatic carbocycles. The molecule has 0 unspecified atom stereocenters. The van der Waals surface area contributed by atoms with Gasteiger partial charge in [0.05, 0.1) is 24.0 Å². The number of rotatable bonds is 4. The van der Waals surface area contributed by atoms with Crippen molar-refractivity contribution in [2.75, 3.05) is 5.32 Å². The van der Waals surface area contributed by atoms with Gasteiger partial charge in [-0.3, -0.25) is 0 Å². The molecule has 3 aromatic heterocycles. The maximum Gasteiger partial charge on any atom is 0.143 e. The van der Waals surface area contributed by atoms with Gasteiger partial charge >= 0.3 is 0 Å². The van der Waals surface area contributed by atoms with Crippen molar-refractivity contribution < 1.29 is 0 Å². The third kappa shape index (κ3) is 2.64. The highest BCUT2D eigenvalue weighted by Crippen LogP contribution is 2.33. The van der Waals surface area contributed by atoms with Crippen molar-refractivity contribution in [1.29, 1.82) is 0 Å². The van der Waals surface area contributed by atoms with Crippen molar-refractivity contribution in [2.45, 2.75) is 6.54 Å². The van der Waals surface area contributed by atoms with Gasteiger partial charge in [-0.1, -0.05) is 23.7 Å². The van der Waals surface area contributed by atoms with Crippen molar-refractivity contribution in [3.63, 3.8) is 0 Å². The first-order valence-electron chi connectivity index (χ1n) is 7.10. The van der Waals surface area contributed by atoms with Crippen LogP contribution in [0, 0.1) is 0 Å². The normalized spacial score (nSPS) is 11.0. The summed E-state index contributed by atoms with van der Waals surface area (Å²) in [5.41, 5.74) is 3.79. The Balaban J connectivity index is 1.77. The summed E-state index contributed by atoms with van der Waals surface area (Å²) in [6, 6.07) is 7.72. The van der Waals surface area contributed by atoms with E-state index in [4.69, 9.17) is 11.6 Å². The summed E-state index contributed by atoms with van der Waals surface area (Å²) in [7, 11) is 0. The fourth-order valence-corrected chi connectivity index (χ4v) is 2.73. The van der Waals surface area contributed by atoms with Gasteiger partial charge in [0.15, 0.2) is 0 Å². The van der Waals surface area contributed by atoms with E-state index >= 15 is 0 Å². The van der Waals surface area contributed by atoms with Crippen molar-refractivity contribution >= 4 is 28.5 Å². The minimum Gasteiger partial charge on any atom is -0.364 e. The van der Waals surface area contributed by atoms with Crippen molar-refractivity contribution in [2.24, 2.45) is 0 Å². The molecule has 0 saturated heterocycles. The fraction of sp³-hybridized carbons (Fsp3) is 0.0625. The first-order chi connectivity index (χ1) is 11.3. The molecule has 0 aliphatic heterocycles. The summed E-state index contributed by atoms with van der Waals surface area (Å²) >= 11 is 6.11. The van der Waals surface area contributed by atoms with Crippen molar-refractivity contribution in [1.82, 2.24) is 24.9 Å². The number of nitrogens with zero attached hydrogens (tertiary/aromatic N) is 3. The number of anilines is 1. The van der Waals surface area contributed by atoms with Crippen LogP contribution in [0.5, 0.6) is 0 Å². The number of aromatic nitrogens is 5. The molecular formula is C16H13ClN6. The molecule has 0 aliphatic rings. The van der Waals surface area contributed by atoms with Gasteiger partial charge in [0, 0.05) is 23.0 Å². The van der Waals surface area contributed by atoms with Crippen LogP contribution in [0.25, 0.3) is 22.2 Å². The molecule has 3 heterocycles. The van der Waals surface area contributed by atoms with Gasteiger partial charge in [0.2, 0.25) is 0 Å². The van der Waals surface area contributed by atoms with Gasteiger partial charge in [0.25, 0.3) is 0 Å². The van der Waals surface area contributed by atoms with Gasteiger partial charge in [-0.25, -0.2) is 15.0 Å². The zero-order chi connectivity index (χ0) is 15.6. The largest absolute Gasteiger partial charge is 0.364 e. The lowest BCUT2D eigenvalue weighted by Gasteiger charge is -2.07. The van der Waals surface area contributed by atoms with Crippen LogP contribution in [0.15, 0.2) is 49.3 Å². The molecule has 0 amide bonds. The smallest absolute Gasteiger partial charge is 0.143 e. The zero-order valence-corrected chi connectivity index (χ0v) is 12.8. The lowest BCUT2D eigenvalue weighted by Crippen LogP contribution is -2.02. The van der Waals surface area contributed by atoms with Gasteiger partial charge < -0.3 is 15.3 Å². The van der Waals surface area contributed by atoms with Gasteiger partial charge in [0.1, 0.15) is 17.8 Å². The van der Waals surface area contributed by atoms with E-state index in [1.54, 1.807) is 12.5 Å². The minimum atomic E-state index is 0.603. The topological polar surface area (TPSA) is 82.3 Å². The molecule has 6 nitrogen and oxygen atoms in total. The van der Waals surface area contributed by atoms with Crippen LogP contribution < -0.4 is 5.32 Å². The highest BCUT2D eigenvalue weighted by Gasteiger charge is 2.13. The first kappa shape index (κ1) is 13.8. The number of halogens is 1. The number of hydrogen-bond acceptors (Lipinski definition) is 4. The molecule has 0 spiro atoms. The predicted molar refractivity (Wildman–Crippen MR) is 90.2 cm³/mol. The quantitative estimate of drug-likeness (QED) is 0.535. The van der Waals surface area contributed by atoms with Crippen LogP contribution in [-0.2, 0) is 6.54 Å². The van der Waals surface area contributed by atoms with E-state index in [1.165, 1.54) is 6.33 Å². The molecule has 0 atom stereocenters. The van der Waals surface area contributed by atoms with E-state index in [9.17, 15) is 0 Å².